The van der Waals surface area contributed by atoms with E-state index in [1.165, 1.54) is 0 Å². The fraction of sp³-hybridized carbons (Fsp3) is 1.00. The molecule has 6 heteroatoms. The maximum absolute atomic E-state index is 6.30. The number of ether oxygens (including phenoxy) is 3. The van der Waals surface area contributed by atoms with E-state index in [4.69, 9.17) is 14.2 Å². The molecule has 6 nitrogen and oxygen atoms in total. The predicted molar refractivity (Wildman–Crippen MR) is 127 cm³/mol. The SMILES string of the molecule is CC(CC1CN(C(C)CC2CN(C(C)C)[C@@H](C)CO2)C(C)CO1)N1CCOC(C)(C)C1. The van der Waals surface area contributed by atoms with Crippen molar-refractivity contribution in [2.45, 2.75) is 116 Å². The molecule has 182 valence electrons. The van der Waals surface area contributed by atoms with Crippen molar-refractivity contribution in [1.29, 1.82) is 0 Å². The molecule has 3 fully saturated rings. The summed E-state index contributed by atoms with van der Waals surface area (Å²) in [5.74, 6) is 0. The molecular weight excluding hydrogens is 390 g/mol. The summed E-state index contributed by atoms with van der Waals surface area (Å²) in [6.07, 6.45) is 2.82. The van der Waals surface area contributed by atoms with Gasteiger partial charge in [-0.25, -0.2) is 0 Å². The first kappa shape index (κ1) is 25.4. The van der Waals surface area contributed by atoms with Crippen molar-refractivity contribution >= 4 is 0 Å². The number of hydrogen-bond donors (Lipinski definition) is 0. The van der Waals surface area contributed by atoms with Crippen molar-refractivity contribution in [2.24, 2.45) is 0 Å². The Morgan fingerprint density at radius 1 is 0.839 bits per heavy atom. The second-order valence-electron chi connectivity index (χ2n) is 11.3. The fourth-order valence-corrected chi connectivity index (χ4v) is 5.77. The first-order valence-corrected chi connectivity index (χ1v) is 12.7. The Morgan fingerprint density at radius 2 is 1.39 bits per heavy atom. The van der Waals surface area contributed by atoms with Crippen molar-refractivity contribution in [2.75, 3.05) is 46.0 Å². The van der Waals surface area contributed by atoms with E-state index in [0.29, 0.717) is 42.4 Å². The molecule has 0 N–H and O–H groups in total. The zero-order valence-electron chi connectivity index (χ0n) is 21.5. The second kappa shape index (κ2) is 10.8. The molecule has 3 rings (SSSR count). The molecule has 0 spiro atoms. The smallest absolute Gasteiger partial charge is 0.0753 e. The minimum Gasteiger partial charge on any atom is -0.375 e. The largest absolute Gasteiger partial charge is 0.375 e. The third kappa shape index (κ3) is 6.87. The highest BCUT2D eigenvalue weighted by molar-refractivity contribution is 4.89. The van der Waals surface area contributed by atoms with Crippen LogP contribution in [0.2, 0.25) is 0 Å². The third-order valence-corrected chi connectivity index (χ3v) is 7.62. The van der Waals surface area contributed by atoms with Gasteiger partial charge in [0.25, 0.3) is 0 Å². The topological polar surface area (TPSA) is 37.4 Å². The molecule has 3 saturated heterocycles. The quantitative estimate of drug-likeness (QED) is 0.606. The molecule has 0 aliphatic carbocycles. The van der Waals surface area contributed by atoms with E-state index in [2.05, 4.69) is 70.1 Å². The molecule has 0 aromatic carbocycles. The van der Waals surface area contributed by atoms with Gasteiger partial charge in [-0.1, -0.05) is 0 Å². The molecular formula is C25H49N3O3. The average Bonchev–Trinajstić information content (AvgIpc) is 2.69. The molecule has 0 aromatic rings. The Labute approximate surface area is 191 Å². The van der Waals surface area contributed by atoms with Crippen LogP contribution >= 0.6 is 0 Å². The monoisotopic (exact) mass is 439 g/mol. The summed E-state index contributed by atoms with van der Waals surface area (Å²) in [5, 5.41) is 0. The van der Waals surface area contributed by atoms with E-state index in [1.807, 2.05) is 0 Å². The van der Waals surface area contributed by atoms with Gasteiger partial charge in [-0.15, -0.1) is 0 Å². The molecule has 0 saturated carbocycles. The first-order valence-electron chi connectivity index (χ1n) is 12.7. The number of nitrogens with zero attached hydrogens (tertiary/aromatic N) is 3. The van der Waals surface area contributed by atoms with E-state index in [1.54, 1.807) is 0 Å². The lowest BCUT2D eigenvalue weighted by Gasteiger charge is -2.46. The molecule has 5 unspecified atom stereocenters. The normalized spacial score (nSPS) is 35.9. The van der Waals surface area contributed by atoms with Crippen LogP contribution in [0.1, 0.15) is 68.2 Å². The Hall–Kier alpha value is -0.240. The molecule has 3 aliphatic heterocycles. The molecule has 0 aromatic heterocycles. The van der Waals surface area contributed by atoms with Gasteiger partial charge in [-0.2, -0.15) is 0 Å². The summed E-state index contributed by atoms with van der Waals surface area (Å²) in [7, 11) is 0. The van der Waals surface area contributed by atoms with Crippen molar-refractivity contribution in [3.05, 3.63) is 0 Å². The lowest BCUT2D eigenvalue weighted by molar-refractivity contribution is -0.117. The van der Waals surface area contributed by atoms with Crippen molar-refractivity contribution < 1.29 is 14.2 Å². The Kier molecular flexibility index (Phi) is 8.84. The van der Waals surface area contributed by atoms with Gasteiger partial charge in [0.15, 0.2) is 0 Å². The summed E-state index contributed by atoms with van der Waals surface area (Å²) in [5.41, 5.74) is -0.0453. The zero-order valence-corrected chi connectivity index (χ0v) is 21.5. The molecule has 6 atom stereocenters. The van der Waals surface area contributed by atoms with E-state index in [0.717, 1.165) is 58.8 Å². The van der Waals surface area contributed by atoms with Gasteiger partial charge in [0, 0.05) is 56.4 Å². The van der Waals surface area contributed by atoms with E-state index < -0.39 is 0 Å². The third-order valence-electron chi connectivity index (χ3n) is 7.62. The van der Waals surface area contributed by atoms with E-state index in [9.17, 15) is 0 Å². The van der Waals surface area contributed by atoms with Crippen LogP contribution < -0.4 is 0 Å². The van der Waals surface area contributed by atoms with Crippen molar-refractivity contribution in [1.82, 2.24) is 14.7 Å². The first-order chi connectivity index (χ1) is 14.6. The van der Waals surface area contributed by atoms with Gasteiger partial charge in [-0.3, -0.25) is 14.7 Å². The van der Waals surface area contributed by atoms with E-state index in [-0.39, 0.29) is 5.60 Å². The van der Waals surface area contributed by atoms with Crippen LogP contribution in [0.3, 0.4) is 0 Å². The lowest BCUT2D eigenvalue weighted by Crippen LogP contribution is -2.57. The summed E-state index contributed by atoms with van der Waals surface area (Å²) >= 11 is 0. The van der Waals surface area contributed by atoms with Crippen LogP contribution in [0.25, 0.3) is 0 Å². The number of hydrogen-bond acceptors (Lipinski definition) is 6. The number of rotatable bonds is 7. The van der Waals surface area contributed by atoms with Gasteiger partial charge >= 0.3 is 0 Å². The van der Waals surface area contributed by atoms with Gasteiger partial charge < -0.3 is 14.2 Å². The standard InChI is InChI=1S/C25H49N3O3/c1-18(2)27-13-24(29-15-21(27)5)12-20(4)28-14-23(30-16-22(28)6)11-19(3)26-9-10-31-25(7,8)17-26/h18-24H,9-17H2,1-8H3/t19?,20?,21-,22?,23?,24?/m0/s1. The van der Waals surface area contributed by atoms with Gasteiger partial charge in [0.1, 0.15) is 0 Å². The molecule has 3 heterocycles. The maximum Gasteiger partial charge on any atom is 0.0753 e. The van der Waals surface area contributed by atoms with Gasteiger partial charge in [-0.05, 0) is 68.2 Å². The minimum atomic E-state index is -0.0453. The average molecular weight is 440 g/mol. The predicted octanol–water partition coefficient (Wildman–Crippen LogP) is 3.24. The summed E-state index contributed by atoms with van der Waals surface area (Å²) in [4.78, 5) is 7.85. The lowest BCUT2D eigenvalue weighted by atomic mass is 9.99. The highest BCUT2D eigenvalue weighted by Crippen LogP contribution is 2.26. The van der Waals surface area contributed by atoms with Crippen LogP contribution in [0.4, 0.5) is 0 Å². The van der Waals surface area contributed by atoms with Crippen LogP contribution in [0.5, 0.6) is 0 Å². The van der Waals surface area contributed by atoms with Crippen LogP contribution in [0.15, 0.2) is 0 Å². The highest BCUT2D eigenvalue weighted by atomic mass is 16.5. The molecule has 0 radical (unpaired) electrons. The molecule has 0 amide bonds. The molecule has 3 aliphatic rings. The minimum absolute atomic E-state index is 0.0453. The fourth-order valence-electron chi connectivity index (χ4n) is 5.77. The summed E-state index contributed by atoms with van der Waals surface area (Å²) in [6, 6.07) is 2.58. The maximum atomic E-state index is 6.30. The van der Waals surface area contributed by atoms with Crippen molar-refractivity contribution in [3.63, 3.8) is 0 Å². The molecule has 31 heavy (non-hydrogen) atoms. The molecule has 0 bridgehead atoms. The number of morpholine rings is 3. The summed E-state index contributed by atoms with van der Waals surface area (Å²) in [6.45, 7) is 24.9. The highest BCUT2D eigenvalue weighted by Gasteiger charge is 2.36. The Balaban J connectivity index is 1.51. The van der Waals surface area contributed by atoms with Crippen LogP contribution in [-0.4, -0.2) is 109 Å². The van der Waals surface area contributed by atoms with Crippen LogP contribution in [0, 0.1) is 0 Å². The van der Waals surface area contributed by atoms with Gasteiger partial charge in [0.05, 0.1) is 37.6 Å². The van der Waals surface area contributed by atoms with Gasteiger partial charge in [0.2, 0.25) is 0 Å². The Bertz CT molecular complexity index is 558. The van der Waals surface area contributed by atoms with Crippen LogP contribution in [-0.2, 0) is 14.2 Å². The summed E-state index contributed by atoms with van der Waals surface area (Å²) < 4.78 is 18.4. The second-order valence-corrected chi connectivity index (χ2v) is 11.3. The van der Waals surface area contributed by atoms with Crippen molar-refractivity contribution in [3.8, 4) is 0 Å². The Morgan fingerprint density at radius 3 is 1.97 bits per heavy atom. The zero-order chi connectivity index (χ0) is 22.8. The van der Waals surface area contributed by atoms with E-state index >= 15 is 0 Å².